The normalized spacial score (nSPS) is 18.1. The molecule has 0 amide bonds. The second-order valence-corrected chi connectivity index (χ2v) is 5.49. The van der Waals surface area contributed by atoms with E-state index in [2.05, 4.69) is 17.1 Å². The molecule has 1 rings (SSSR count). The summed E-state index contributed by atoms with van der Waals surface area (Å²) >= 11 is 0. The van der Waals surface area contributed by atoms with Crippen molar-refractivity contribution in [3.8, 4) is 0 Å². The molecule has 5 heteroatoms. The highest BCUT2D eigenvalue weighted by molar-refractivity contribution is 5.75. The first-order valence-electron chi connectivity index (χ1n) is 7.70. The van der Waals surface area contributed by atoms with Crippen LogP contribution in [0.4, 0.5) is 0 Å². The van der Waals surface area contributed by atoms with Crippen LogP contribution in [0.5, 0.6) is 0 Å². The SMILES string of the molecule is CCOC(=O)C(CCN(CCOC)C(C)C1CC1)NC. The standard InChI is InChI=1S/C15H30N2O3/c1-5-20-15(18)14(16-3)8-9-17(10-11-19-4)12(2)13-6-7-13/h12-14,16H,5-11H2,1-4H3. The van der Waals surface area contributed by atoms with Crippen LogP contribution in [-0.2, 0) is 14.3 Å². The first-order valence-corrected chi connectivity index (χ1v) is 7.70. The topological polar surface area (TPSA) is 50.8 Å². The van der Waals surface area contributed by atoms with Gasteiger partial charge in [-0.1, -0.05) is 0 Å². The van der Waals surface area contributed by atoms with E-state index < -0.39 is 0 Å². The molecule has 20 heavy (non-hydrogen) atoms. The monoisotopic (exact) mass is 286 g/mol. The summed E-state index contributed by atoms with van der Waals surface area (Å²) in [6.45, 7) is 7.11. The number of rotatable bonds is 11. The Bertz CT molecular complexity index is 282. The molecule has 118 valence electrons. The number of carbonyl (C=O) groups is 1. The van der Waals surface area contributed by atoms with Crippen LogP contribution in [0.15, 0.2) is 0 Å². The summed E-state index contributed by atoms with van der Waals surface area (Å²) < 4.78 is 10.3. The van der Waals surface area contributed by atoms with Crippen LogP contribution < -0.4 is 5.32 Å². The Morgan fingerprint density at radius 3 is 2.60 bits per heavy atom. The summed E-state index contributed by atoms with van der Waals surface area (Å²) in [6, 6.07) is 0.358. The van der Waals surface area contributed by atoms with Crippen LogP contribution in [-0.4, -0.2) is 63.4 Å². The quantitative estimate of drug-likeness (QED) is 0.580. The van der Waals surface area contributed by atoms with Gasteiger partial charge in [0.1, 0.15) is 6.04 Å². The van der Waals surface area contributed by atoms with Crippen molar-refractivity contribution in [3.05, 3.63) is 0 Å². The molecular weight excluding hydrogens is 256 g/mol. The van der Waals surface area contributed by atoms with Gasteiger partial charge in [0, 0.05) is 26.2 Å². The van der Waals surface area contributed by atoms with Crippen molar-refractivity contribution in [2.24, 2.45) is 5.92 Å². The summed E-state index contributed by atoms with van der Waals surface area (Å²) in [5, 5.41) is 3.05. The molecule has 1 aliphatic carbocycles. The Balaban J connectivity index is 2.43. The molecule has 5 nitrogen and oxygen atoms in total. The van der Waals surface area contributed by atoms with Crippen molar-refractivity contribution >= 4 is 5.97 Å². The molecule has 0 saturated heterocycles. The lowest BCUT2D eigenvalue weighted by molar-refractivity contribution is -0.145. The predicted molar refractivity (Wildman–Crippen MR) is 79.7 cm³/mol. The van der Waals surface area contributed by atoms with E-state index in [0.29, 0.717) is 12.6 Å². The molecule has 0 aliphatic heterocycles. The molecule has 1 saturated carbocycles. The van der Waals surface area contributed by atoms with Gasteiger partial charge in [0.25, 0.3) is 0 Å². The van der Waals surface area contributed by atoms with Crippen molar-refractivity contribution in [2.45, 2.75) is 45.2 Å². The fourth-order valence-corrected chi connectivity index (χ4v) is 2.52. The third-order valence-electron chi connectivity index (χ3n) is 4.09. The van der Waals surface area contributed by atoms with Crippen molar-refractivity contribution in [1.82, 2.24) is 10.2 Å². The minimum atomic E-state index is -0.216. The number of carbonyl (C=O) groups excluding carboxylic acids is 1. The second kappa shape index (κ2) is 9.32. The Kier molecular flexibility index (Phi) is 8.11. The van der Waals surface area contributed by atoms with Gasteiger partial charge in [-0.2, -0.15) is 0 Å². The largest absolute Gasteiger partial charge is 0.465 e. The third kappa shape index (κ3) is 5.77. The number of esters is 1. The number of ether oxygens (including phenoxy) is 2. The minimum absolute atomic E-state index is 0.152. The highest BCUT2D eigenvalue weighted by atomic mass is 16.5. The van der Waals surface area contributed by atoms with E-state index in [1.807, 2.05) is 14.0 Å². The average Bonchev–Trinajstić information content (AvgIpc) is 3.27. The highest BCUT2D eigenvalue weighted by Crippen LogP contribution is 2.35. The molecule has 1 aliphatic rings. The van der Waals surface area contributed by atoms with Gasteiger partial charge in [-0.05, 0) is 46.1 Å². The van der Waals surface area contributed by atoms with Gasteiger partial charge in [0.05, 0.1) is 13.2 Å². The average molecular weight is 286 g/mol. The fraction of sp³-hybridized carbons (Fsp3) is 0.933. The van der Waals surface area contributed by atoms with E-state index in [4.69, 9.17) is 9.47 Å². The Morgan fingerprint density at radius 1 is 1.40 bits per heavy atom. The predicted octanol–water partition coefficient (Wildman–Crippen LogP) is 1.27. The van der Waals surface area contributed by atoms with Gasteiger partial charge >= 0.3 is 5.97 Å². The highest BCUT2D eigenvalue weighted by Gasteiger charge is 2.32. The van der Waals surface area contributed by atoms with E-state index >= 15 is 0 Å². The zero-order valence-corrected chi connectivity index (χ0v) is 13.4. The zero-order chi connectivity index (χ0) is 15.0. The molecule has 0 radical (unpaired) electrons. The second-order valence-electron chi connectivity index (χ2n) is 5.49. The molecule has 0 bridgehead atoms. The molecular formula is C15H30N2O3. The molecule has 0 aromatic carbocycles. The lowest BCUT2D eigenvalue weighted by Gasteiger charge is -2.30. The van der Waals surface area contributed by atoms with E-state index in [1.165, 1.54) is 12.8 Å². The van der Waals surface area contributed by atoms with Gasteiger partial charge in [0.2, 0.25) is 0 Å². The van der Waals surface area contributed by atoms with Gasteiger partial charge in [-0.3, -0.25) is 9.69 Å². The van der Waals surface area contributed by atoms with Crippen molar-refractivity contribution in [3.63, 3.8) is 0 Å². The van der Waals surface area contributed by atoms with Gasteiger partial charge < -0.3 is 14.8 Å². The Morgan fingerprint density at radius 2 is 2.10 bits per heavy atom. The number of hydrogen-bond acceptors (Lipinski definition) is 5. The van der Waals surface area contributed by atoms with Crippen molar-refractivity contribution < 1.29 is 14.3 Å². The zero-order valence-electron chi connectivity index (χ0n) is 13.4. The fourth-order valence-electron chi connectivity index (χ4n) is 2.52. The number of likely N-dealkylation sites (N-methyl/N-ethyl adjacent to an activating group) is 1. The number of nitrogens with one attached hydrogen (secondary N) is 1. The first kappa shape index (κ1) is 17.4. The van der Waals surface area contributed by atoms with Crippen LogP contribution in [0.3, 0.4) is 0 Å². The lowest BCUT2D eigenvalue weighted by Crippen LogP contribution is -2.43. The molecule has 0 heterocycles. The maximum atomic E-state index is 11.8. The van der Waals surface area contributed by atoms with E-state index in [9.17, 15) is 4.79 Å². The number of nitrogens with zero attached hydrogens (tertiary/aromatic N) is 1. The van der Waals surface area contributed by atoms with Crippen LogP contribution in [0.2, 0.25) is 0 Å². The number of methoxy groups -OCH3 is 1. The van der Waals surface area contributed by atoms with Gasteiger partial charge in [-0.15, -0.1) is 0 Å². The molecule has 0 spiro atoms. The summed E-state index contributed by atoms with van der Waals surface area (Å²) in [6.07, 6.45) is 3.44. The lowest BCUT2D eigenvalue weighted by atomic mass is 10.1. The molecule has 1 N–H and O–H groups in total. The third-order valence-corrected chi connectivity index (χ3v) is 4.09. The van der Waals surface area contributed by atoms with E-state index in [-0.39, 0.29) is 12.0 Å². The van der Waals surface area contributed by atoms with Crippen LogP contribution in [0.1, 0.15) is 33.1 Å². The molecule has 2 unspecified atom stereocenters. The summed E-state index contributed by atoms with van der Waals surface area (Å²) in [4.78, 5) is 14.2. The van der Waals surface area contributed by atoms with Crippen molar-refractivity contribution in [1.29, 1.82) is 0 Å². The maximum Gasteiger partial charge on any atom is 0.323 e. The molecule has 1 fully saturated rings. The Hall–Kier alpha value is -0.650. The molecule has 0 aromatic heterocycles. The van der Waals surface area contributed by atoms with Crippen LogP contribution in [0.25, 0.3) is 0 Å². The number of hydrogen-bond donors (Lipinski definition) is 1. The summed E-state index contributed by atoms with van der Waals surface area (Å²) in [5.74, 6) is 0.670. The van der Waals surface area contributed by atoms with Crippen molar-refractivity contribution in [2.75, 3.05) is 40.5 Å². The van der Waals surface area contributed by atoms with E-state index in [0.717, 1.165) is 32.0 Å². The van der Waals surface area contributed by atoms with E-state index in [1.54, 1.807) is 7.11 Å². The van der Waals surface area contributed by atoms with Gasteiger partial charge in [-0.25, -0.2) is 0 Å². The van der Waals surface area contributed by atoms with Crippen LogP contribution >= 0.6 is 0 Å². The van der Waals surface area contributed by atoms with Gasteiger partial charge in [0.15, 0.2) is 0 Å². The summed E-state index contributed by atoms with van der Waals surface area (Å²) in [5.41, 5.74) is 0. The molecule has 0 aromatic rings. The summed E-state index contributed by atoms with van der Waals surface area (Å²) in [7, 11) is 3.54. The first-order chi connectivity index (χ1) is 9.63. The minimum Gasteiger partial charge on any atom is -0.465 e. The smallest absolute Gasteiger partial charge is 0.323 e. The maximum absolute atomic E-state index is 11.8. The van der Waals surface area contributed by atoms with Crippen LogP contribution in [0, 0.1) is 5.92 Å². The Labute approximate surface area is 123 Å². The molecule has 2 atom stereocenters.